The molecule has 0 heterocycles. The summed E-state index contributed by atoms with van der Waals surface area (Å²) in [5.74, 6) is 0. The van der Waals surface area contributed by atoms with Crippen LogP contribution in [0.5, 0.6) is 0 Å². The molecule has 0 aromatic heterocycles. The van der Waals surface area contributed by atoms with Crippen molar-refractivity contribution in [3.8, 4) is 0 Å². The highest BCUT2D eigenvalue weighted by atomic mass is 16.3. The molecule has 64 valence electrons. The van der Waals surface area contributed by atoms with Crippen LogP contribution < -0.4 is 5.32 Å². The molecular weight excluding hydrogens is 150 g/mol. The van der Waals surface area contributed by atoms with Crippen LogP contribution in [0, 0.1) is 0 Å². The smallest absolute Gasteiger partial charge is 0.0702 e. The molecule has 0 aliphatic rings. The third-order valence-corrected chi connectivity index (χ3v) is 1.82. The SMILES string of the molecule is C=Cc1cccc(CO)c1NC. The second-order valence-corrected chi connectivity index (χ2v) is 2.49. The lowest BCUT2D eigenvalue weighted by Gasteiger charge is -2.09. The van der Waals surface area contributed by atoms with Crippen LogP contribution in [0.2, 0.25) is 0 Å². The number of rotatable bonds is 3. The first-order valence-electron chi connectivity index (χ1n) is 3.86. The van der Waals surface area contributed by atoms with Gasteiger partial charge in [-0.15, -0.1) is 0 Å². The van der Waals surface area contributed by atoms with E-state index in [0.717, 1.165) is 16.8 Å². The Balaban J connectivity index is 3.21. The summed E-state index contributed by atoms with van der Waals surface area (Å²) in [6.45, 7) is 3.75. The van der Waals surface area contributed by atoms with E-state index in [9.17, 15) is 0 Å². The first-order valence-corrected chi connectivity index (χ1v) is 3.86. The largest absolute Gasteiger partial charge is 0.392 e. The average molecular weight is 163 g/mol. The Labute approximate surface area is 72.5 Å². The van der Waals surface area contributed by atoms with Crippen molar-refractivity contribution >= 4 is 11.8 Å². The predicted octanol–water partition coefficient (Wildman–Crippen LogP) is 1.86. The summed E-state index contributed by atoms with van der Waals surface area (Å²) >= 11 is 0. The molecule has 0 saturated heterocycles. The molecular formula is C10H13NO. The van der Waals surface area contributed by atoms with E-state index >= 15 is 0 Å². The topological polar surface area (TPSA) is 32.3 Å². The summed E-state index contributed by atoms with van der Waals surface area (Å²) in [6, 6.07) is 5.75. The van der Waals surface area contributed by atoms with Crippen LogP contribution in [-0.2, 0) is 6.61 Å². The van der Waals surface area contributed by atoms with Gasteiger partial charge in [0, 0.05) is 18.3 Å². The first-order chi connectivity index (χ1) is 5.83. The average Bonchev–Trinajstić information content (AvgIpc) is 2.16. The van der Waals surface area contributed by atoms with Crippen molar-refractivity contribution < 1.29 is 5.11 Å². The molecule has 12 heavy (non-hydrogen) atoms. The van der Waals surface area contributed by atoms with E-state index in [0.29, 0.717) is 0 Å². The Morgan fingerprint density at radius 1 is 1.58 bits per heavy atom. The van der Waals surface area contributed by atoms with Crippen molar-refractivity contribution in [2.45, 2.75) is 6.61 Å². The van der Waals surface area contributed by atoms with Crippen molar-refractivity contribution in [1.82, 2.24) is 0 Å². The summed E-state index contributed by atoms with van der Waals surface area (Å²) in [5, 5.41) is 12.0. The van der Waals surface area contributed by atoms with Crippen LogP contribution in [0.4, 0.5) is 5.69 Å². The van der Waals surface area contributed by atoms with E-state index in [2.05, 4.69) is 11.9 Å². The third-order valence-electron chi connectivity index (χ3n) is 1.82. The van der Waals surface area contributed by atoms with E-state index < -0.39 is 0 Å². The summed E-state index contributed by atoms with van der Waals surface area (Å²) in [7, 11) is 1.83. The molecule has 1 aromatic rings. The van der Waals surface area contributed by atoms with Crippen LogP contribution in [0.25, 0.3) is 6.08 Å². The summed E-state index contributed by atoms with van der Waals surface area (Å²) in [6.07, 6.45) is 1.77. The molecule has 2 N–H and O–H groups in total. The molecule has 0 fully saturated rings. The Morgan fingerprint density at radius 2 is 2.33 bits per heavy atom. The summed E-state index contributed by atoms with van der Waals surface area (Å²) in [5.41, 5.74) is 2.87. The molecule has 0 radical (unpaired) electrons. The fourth-order valence-corrected chi connectivity index (χ4v) is 1.23. The number of hydrogen-bond acceptors (Lipinski definition) is 2. The van der Waals surface area contributed by atoms with Gasteiger partial charge in [0.1, 0.15) is 0 Å². The molecule has 2 heteroatoms. The molecule has 0 atom stereocenters. The van der Waals surface area contributed by atoms with Crippen LogP contribution in [0.1, 0.15) is 11.1 Å². The zero-order chi connectivity index (χ0) is 8.97. The quantitative estimate of drug-likeness (QED) is 0.713. The Morgan fingerprint density at radius 3 is 2.83 bits per heavy atom. The summed E-state index contributed by atoms with van der Waals surface area (Å²) in [4.78, 5) is 0. The van der Waals surface area contributed by atoms with E-state index in [-0.39, 0.29) is 6.61 Å². The summed E-state index contributed by atoms with van der Waals surface area (Å²) < 4.78 is 0. The maximum absolute atomic E-state index is 9.00. The van der Waals surface area contributed by atoms with Crippen molar-refractivity contribution in [2.24, 2.45) is 0 Å². The lowest BCUT2D eigenvalue weighted by Crippen LogP contribution is -1.97. The van der Waals surface area contributed by atoms with Crippen LogP contribution in [0.3, 0.4) is 0 Å². The second-order valence-electron chi connectivity index (χ2n) is 2.49. The molecule has 0 amide bonds. The number of aliphatic hydroxyl groups is 1. The Bertz CT molecular complexity index is 281. The van der Waals surface area contributed by atoms with E-state index in [1.54, 1.807) is 6.08 Å². The zero-order valence-electron chi connectivity index (χ0n) is 7.17. The number of hydrogen-bond donors (Lipinski definition) is 2. The molecule has 0 spiro atoms. The third kappa shape index (κ3) is 1.48. The molecule has 0 saturated carbocycles. The monoisotopic (exact) mass is 163 g/mol. The Hall–Kier alpha value is -1.28. The fraction of sp³-hybridized carbons (Fsp3) is 0.200. The van der Waals surface area contributed by atoms with Crippen molar-refractivity contribution in [1.29, 1.82) is 0 Å². The zero-order valence-corrected chi connectivity index (χ0v) is 7.17. The van der Waals surface area contributed by atoms with Gasteiger partial charge in [-0.05, 0) is 5.56 Å². The van der Waals surface area contributed by atoms with E-state index in [1.807, 2.05) is 25.2 Å². The maximum atomic E-state index is 9.00. The minimum Gasteiger partial charge on any atom is -0.392 e. The van der Waals surface area contributed by atoms with Gasteiger partial charge in [0.15, 0.2) is 0 Å². The van der Waals surface area contributed by atoms with Gasteiger partial charge in [-0.3, -0.25) is 0 Å². The standard InChI is InChI=1S/C10H13NO/c1-3-8-5-4-6-9(7-12)10(8)11-2/h3-6,11-12H,1,7H2,2H3. The van der Waals surface area contributed by atoms with Gasteiger partial charge in [0.05, 0.1) is 6.61 Å². The number of benzene rings is 1. The van der Waals surface area contributed by atoms with Gasteiger partial charge in [-0.1, -0.05) is 30.9 Å². The molecule has 0 aliphatic carbocycles. The minimum atomic E-state index is 0.0534. The fourth-order valence-electron chi connectivity index (χ4n) is 1.23. The highest BCUT2D eigenvalue weighted by molar-refractivity contribution is 5.68. The van der Waals surface area contributed by atoms with Crippen molar-refractivity contribution in [3.05, 3.63) is 35.9 Å². The molecule has 2 nitrogen and oxygen atoms in total. The number of para-hydroxylation sites is 1. The van der Waals surface area contributed by atoms with Crippen LogP contribution in [-0.4, -0.2) is 12.2 Å². The van der Waals surface area contributed by atoms with Gasteiger partial charge < -0.3 is 10.4 Å². The molecule has 0 unspecified atom stereocenters. The van der Waals surface area contributed by atoms with Crippen molar-refractivity contribution in [2.75, 3.05) is 12.4 Å². The Kier molecular flexibility index (Phi) is 2.88. The highest BCUT2D eigenvalue weighted by Gasteiger charge is 2.01. The second kappa shape index (κ2) is 3.93. The van der Waals surface area contributed by atoms with Crippen LogP contribution in [0.15, 0.2) is 24.8 Å². The minimum absolute atomic E-state index is 0.0534. The number of nitrogens with one attached hydrogen (secondary N) is 1. The maximum Gasteiger partial charge on any atom is 0.0702 e. The van der Waals surface area contributed by atoms with Gasteiger partial charge >= 0.3 is 0 Å². The number of aliphatic hydroxyl groups excluding tert-OH is 1. The first kappa shape index (κ1) is 8.81. The highest BCUT2D eigenvalue weighted by Crippen LogP contribution is 2.21. The van der Waals surface area contributed by atoms with Gasteiger partial charge in [-0.25, -0.2) is 0 Å². The van der Waals surface area contributed by atoms with Gasteiger partial charge in [-0.2, -0.15) is 0 Å². The molecule has 0 aliphatic heterocycles. The van der Waals surface area contributed by atoms with Crippen molar-refractivity contribution in [3.63, 3.8) is 0 Å². The molecule has 1 rings (SSSR count). The lowest BCUT2D eigenvalue weighted by atomic mass is 10.1. The molecule has 1 aromatic carbocycles. The van der Waals surface area contributed by atoms with Gasteiger partial charge in [0.25, 0.3) is 0 Å². The normalized spacial score (nSPS) is 9.50. The lowest BCUT2D eigenvalue weighted by molar-refractivity contribution is 0.282. The van der Waals surface area contributed by atoms with E-state index in [1.165, 1.54) is 0 Å². The number of anilines is 1. The molecule has 0 bridgehead atoms. The van der Waals surface area contributed by atoms with Crippen LogP contribution >= 0.6 is 0 Å². The van der Waals surface area contributed by atoms with E-state index in [4.69, 9.17) is 5.11 Å². The predicted molar refractivity (Wildman–Crippen MR) is 52.0 cm³/mol. The van der Waals surface area contributed by atoms with Gasteiger partial charge in [0.2, 0.25) is 0 Å².